The summed E-state index contributed by atoms with van der Waals surface area (Å²) in [6.45, 7) is 2.89. The van der Waals surface area contributed by atoms with Gasteiger partial charge in [-0.3, -0.25) is 0 Å². The van der Waals surface area contributed by atoms with E-state index in [1.54, 1.807) is 0 Å². The van der Waals surface area contributed by atoms with Crippen LogP contribution in [0, 0.1) is 12.7 Å². The summed E-state index contributed by atoms with van der Waals surface area (Å²) in [5.74, 6) is -0.254. The lowest BCUT2D eigenvalue weighted by Crippen LogP contribution is -2.41. The monoisotopic (exact) mass is 286 g/mol. The van der Waals surface area contributed by atoms with Gasteiger partial charge in [-0.1, -0.05) is 0 Å². The molecular formula is C13H19FN2O2S. The molecule has 1 N–H and O–H groups in total. The SMILES string of the molecule is Cc1cc(F)cc(NC2CCN(S(C)(=O)=O)CC2)c1. The average Bonchev–Trinajstić information content (AvgIpc) is 2.26. The van der Waals surface area contributed by atoms with E-state index >= 15 is 0 Å². The summed E-state index contributed by atoms with van der Waals surface area (Å²) in [5.41, 5.74) is 1.63. The number of benzene rings is 1. The molecule has 1 heterocycles. The number of halogens is 1. The van der Waals surface area contributed by atoms with E-state index < -0.39 is 10.0 Å². The highest BCUT2D eigenvalue weighted by molar-refractivity contribution is 7.88. The van der Waals surface area contributed by atoms with Gasteiger partial charge in [0.1, 0.15) is 5.82 Å². The fraction of sp³-hybridized carbons (Fsp3) is 0.538. The Kier molecular flexibility index (Phi) is 4.10. The molecule has 0 aliphatic carbocycles. The third-order valence-corrected chi connectivity index (χ3v) is 4.64. The van der Waals surface area contributed by atoms with Gasteiger partial charge in [0, 0.05) is 24.8 Å². The summed E-state index contributed by atoms with van der Waals surface area (Å²) in [5, 5.41) is 3.27. The third-order valence-electron chi connectivity index (χ3n) is 3.34. The molecule has 0 bridgehead atoms. The van der Waals surface area contributed by atoms with Crippen LogP contribution in [0.15, 0.2) is 18.2 Å². The van der Waals surface area contributed by atoms with Crippen LogP contribution in [-0.2, 0) is 10.0 Å². The highest BCUT2D eigenvalue weighted by Gasteiger charge is 2.24. The Labute approximate surface area is 113 Å². The Hall–Kier alpha value is -1.14. The molecule has 0 unspecified atom stereocenters. The summed E-state index contributed by atoms with van der Waals surface area (Å²) >= 11 is 0. The van der Waals surface area contributed by atoms with Crippen LogP contribution >= 0.6 is 0 Å². The lowest BCUT2D eigenvalue weighted by molar-refractivity contribution is 0.332. The van der Waals surface area contributed by atoms with Crippen molar-refractivity contribution < 1.29 is 12.8 Å². The largest absolute Gasteiger partial charge is 0.382 e. The first-order chi connectivity index (χ1) is 8.84. The summed E-state index contributed by atoms with van der Waals surface area (Å²) in [6.07, 6.45) is 2.71. The Balaban J connectivity index is 1.96. The number of hydrogen-bond donors (Lipinski definition) is 1. The number of hydrogen-bond acceptors (Lipinski definition) is 3. The van der Waals surface area contributed by atoms with Crippen LogP contribution in [0.5, 0.6) is 0 Å². The molecule has 1 aliphatic heterocycles. The third kappa shape index (κ3) is 3.91. The van der Waals surface area contributed by atoms with Crippen LogP contribution < -0.4 is 5.32 Å². The number of anilines is 1. The molecule has 1 saturated heterocycles. The van der Waals surface area contributed by atoms with Crippen LogP contribution in [0.25, 0.3) is 0 Å². The second-order valence-electron chi connectivity index (χ2n) is 5.10. The Bertz CT molecular complexity index is 532. The van der Waals surface area contributed by atoms with Gasteiger partial charge in [0.15, 0.2) is 0 Å². The van der Waals surface area contributed by atoms with Crippen molar-refractivity contribution in [3.8, 4) is 0 Å². The predicted octanol–water partition coefficient (Wildman–Crippen LogP) is 1.97. The van der Waals surface area contributed by atoms with Gasteiger partial charge >= 0.3 is 0 Å². The standard InChI is InChI=1S/C13H19FN2O2S/c1-10-7-11(14)9-13(8-10)15-12-3-5-16(6-4-12)19(2,17)18/h7-9,12,15H,3-6H2,1-2H3. The minimum atomic E-state index is -3.09. The van der Waals surface area contributed by atoms with Crippen molar-refractivity contribution in [3.05, 3.63) is 29.6 Å². The topological polar surface area (TPSA) is 49.4 Å². The average molecular weight is 286 g/mol. The summed E-state index contributed by atoms with van der Waals surface area (Å²) in [4.78, 5) is 0. The zero-order chi connectivity index (χ0) is 14.0. The van der Waals surface area contributed by atoms with Gasteiger partial charge in [-0.2, -0.15) is 0 Å². The van der Waals surface area contributed by atoms with Gasteiger partial charge in [0.2, 0.25) is 10.0 Å². The smallest absolute Gasteiger partial charge is 0.211 e. The van der Waals surface area contributed by atoms with Crippen molar-refractivity contribution in [1.29, 1.82) is 0 Å². The van der Waals surface area contributed by atoms with Crippen LogP contribution in [-0.4, -0.2) is 38.1 Å². The number of sulfonamides is 1. The molecular weight excluding hydrogens is 267 g/mol. The van der Waals surface area contributed by atoms with Gasteiger partial charge in [-0.25, -0.2) is 17.1 Å². The molecule has 0 atom stereocenters. The van der Waals surface area contributed by atoms with Crippen molar-refractivity contribution in [2.45, 2.75) is 25.8 Å². The number of nitrogens with zero attached hydrogens (tertiary/aromatic N) is 1. The molecule has 19 heavy (non-hydrogen) atoms. The van der Waals surface area contributed by atoms with Crippen molar-refractivity contribution in [2.24, 2.45) is 0 Å². The van der Waals surface area contributed by atoms with Crippen LogP contribution in [0.1, 0.15) is 18.4 Å². The molecule has 2 rings (SSSR count). The Morgan fingerprint density at radius 1 is 1.26 bits per heavy atom. The molecule has 4 nitrogen and oxygen atoms in total. The quantitative estimate of drug-likeness (QED) is 0.924. The van der Waals surface area contributed by atoms with Crippen LogP contribution in [0.2, 0.25) is 0 Å². The van der Waals surface area contributed by atoms with Crippen molar-refractivity contribution in [2.75, 3.05) is 24.7 Å². The number of nitrogens with one attached hydrogen (secondary N) is 1. The lowest BCUT2D eigenvalue weighted by atomic mass is 10.1. The van der Waals surface area contributed by atoms with Crippen molar-refractivity contribution in [3.63, 3.8) is 0 Å². The van der Waals surface area contributed by atoms with Crippen LogP contribution in [0.4, 0.5) is 10.1 Å². The highest BCUT2D eigenvalue weighted by Crippen LogP contribution is 2.20. The maximum atomic E-state index is 13.3. The zero-order valence-electron chi connectivity index (χ0n) is 11.2. The van der Waals surface area contributed by atoms with Crippen LogP contribution in [0.3, 0.4) is 0 Å². The van der Waals surface area contributed by atoms with Gasteiger partial charge in [0.25, 0.3) is 0 Å². The van der Waals surface area contributed by atoms with E-state index in [1.807, 2.05) is 13.0 Å². The van der Waals surface area contributed by atoms with E-state index in [4.69, 9.17) is 0 Å². The van der Waals surface area contributed by atoms with Crippen molar-refractivity contribution in [1.82, 2.24) is 4.31 Å². The summed E-state index contributed by atoms with van der Waals surface area (Å²) in [7, 11) is -3.09. The molecule has 0 amide bonds. The number of aryl methyl sites for hydroxylation is 1. The first-order valence-corrected chi connectivity index (χ1v) is 8.18. The maximum absolute atomic E-state index is 13.3. The minimum absolute atomic E-state index is 0.194. The molecule has 0 saturated carbocycles. The number of piperidine rings is 1. The molecule has 0 spiro atoms. The molecule has 106 valence electrons. The summed E-state index contributed by atoms with van der Waals surface area (Å²) < 4.78 is 37.6. The lowest BCUT2D eigenvalue weighted by Gasteiger charge is -2.31. The molecule has 6 heteroatoms. The van der Waals surface area contributed by atoms with E-state index in [1.165, 1.54) is 22.7 Å². The fourth-order valence-corrected chi connectivity index (χ4v) is 3.26. The highest BCUT2D eigenvalue weighted by atomic mass is 32.2. The fourth-order valence-electron chi connectivity index (χ4n) is 2.39. The summed E-state index contributed by atoms with van der Waals surface area (Å²) in [6, 6.07) is 5.04. The van der Waals surface area contributed by atoms with E-state index in [0.29, 0.717) is 13.1 Å². The van der Waals surface area contributed by atoms with E-state index in [9.17, 15) is 12.8 Å². The Morgan fingerprint density at radius 2 is 1.89 bits per heavy atom. The van der Waals surface area contributed by atoms with Gasteiger partial charge in [-0.15, -0.1) is 0 Å². The first-order valence-electron chi connectivity index (χ1n) is 6.33. The normalized spacial score (nSPS) is 18.5. The number of rotatable bonds is 3. The van der Waals surface area contributed by atoms with E-state index in [0.717, 1.165) is 24.1 Å². The first kappa shape index (κ1) is 14.3. The Morgan fingerprint density at radius 3 is 2.42 bits per heavy atom. The second kappa shape index (κ2) is 5.46. The van der Waals surface area contributed by atoms with Gasteiger partial charge in [-0.05, 0) is 43.5 Å². The minimum Gasteiger partial charge on any atom is -0.382 e. The van der Waals surface area contributed by atoms with E-state index in [-0.39, 0.29) is 11.9 Å². The molecule has 0 aromatic heterocycles. The molecule has 1 aromatic rings. The van der Waals surface area contributed by atoms with Gasteiger partial charge < -0.3 is 5.32 Å². The molecule has 1 aliphatic rings. The molecule has 1 aromatic carbocycles. The second-order valence-corrected chi connectivity index (χ2v) is 7.08. The maximum Gasteiger partial charge on any atom is 0.211 e. The molecule has 1 fully saturated rings. The predicted molar refractivity (Wildman–Crippen MR) is 74.2 cm³/mol. The van der Waals surface area contributed by atoms with Crippen molar-refractivity contribution >= 4 is 15.7 Å². The molecule has 0 radical (unpaired) electrons. The zero-order valence-corrected chi connectivity index (χ0v) is 12.0. The van der Waals surface area contributed by atoms with Gasteiger partial charge in [0.05, 0.1) is 6.26 Å². The van der Waals surface area contributed by atoms with E-state index in [2.05, 4.69) is 5.32 Å².